The zero-order valence-corrected chi connectivity index (χ0v) is 15.1. The number of amides is 1. The van der Waals surface area contributed by atoms with Crippen molar-refractivity contribution in [3.05, 3.63) is 64.7 Å². The van der Waals surface area contributed by atoms with Crippen LogP contribution in [0.3, 0.4) is 0 Å². The van der Waals surface area contributed by atoms with E-state index in [1.54, 1.807) is 6.07 Å². The fraction of sp³-hybridized carbons (Fsp3) is 0.235. The Morgan fingerprint density at radius 2 is 1.54 bits per heavy atom. The molecular formula is C17H15ClF2N2O3S. The molecule has 5 nitrogen and oxygen atoms in total. The molecule has 1 fully saturated rings. The first-order chi connectivity index (χ1) is 12.3. The lowest BCUT2D eigenvalue weighted by atomic mass is 10.1. The van der Waals surface area contributed by atoms with Gasteiger partial charge in [-0.1, -0.05) is 23.7 Å². The molecule has 0 atom stereocenters. The highest BCUT2D eigenvalue weighted by Gasteiger charge is 2.32. The van der Waals surface area contributed by atoms with Gasteiger partial charge in [-0.25, -0.2) is 17.2 Å². The molecule has 3 rings (SSSR count). The third-order valence-electron chi connectivity index (χ3n) is 4.14. The monoisotopic (exact) mass is 400 g/mol. The van der Waals surface area contributed by atoms with Crippen molar-refractivity contribution in [1.82, 2.24) is 9.21 Å². The van der Waals surface area contributed by atoms with Crippen LogP contribution in [0, 0.1) is 11.6 Å². The average Bonchev–Trinajstić information content (AvgIpc) is 2.61. The molecule has 1 heterocycles. The summed E-state index contributed by atoms with van der Waals surface area (Å²) < 4.78 is 54.0. The molecule has 0 bridgehead atoms. The minimum absolute atomic E-state index is 0.0245. The van der Waals surface area contributed by atoms with Gasteiger partial charge in [0.05, 0.1) is 4.90 Å². The van der Waals surface area contributed by atoms with E-state index < -0.39 is 33.1 Å². The van der Waals surface area contributed by atoms with E-state index in [9.17, 15) is 22.0 Å². The maximum atomic E-state index is 13.8. The van der Waals surface area contributed by atoms with Crippen LogP contribution in [0.1, 0.15) is 10.4 Å². The molecule has 2 aromatic rings. The van der Waals surface area contributed by atoms with Crippen molar-refractivity contribution in [2.24, 2.45) is 0 Å². The summed E-state index contributed by atoms with van der Waals surface area (Å²) in [4.78, 5) is 13.7. The van der Waals surface area contributed by atoms with E-state index in [-0.39, 0.29) is 31.1 Å². The summed E-state index contributed by atoms with van der Waals surface area (Å²) in [6.45, 7) is 0.117. The Morgan fingerprint density at radius 3 is 2.12 bits per heavy atom. The Labute approximate surface area is 154 Å². The lowest BCUT2D eigenvalue weighted by molar-refractivity contribution is 0.0688. The standard InChI is InChI=1S/C17H15ClF2N2O3S/c18-12-3-1-4-13(11-12)26(24,25)22-9-7-21(8-10-22)17(23)16-14(19)5-2-6-15(16)20/h1-6,11H,7-10H2. The molecule has 138 valence electrons. The van der Waals surface area contributed by atoms with Crippen molar-refractivity contribution < 1.29 is 22.0 Å². The number of hydrogen-bond donors (Lipinski definition) is 0. The van der Waals surface area contributed by atoms with E-state index >= 15 is 0 Å². The first kappa shape index (κ1) is 18.8. The summed E-state index contributed by atoms with van der Waals surface area (Å²) >= 11 is 5.85. The van der Waals surface area contributed by atoms with Gasteiger partial charge in [-0.05, 0) is 30.3 Å². The summed E-state index contributed by atoms with van der Waals surface area (Å²) in [6.07, 6.45) is 0. The SMILES string of the molecule is O=C(c1c(F)cccc1F)N1CCN(S(=O)(=O)c2cccc(Cl)c2)CC1. The lowest BCUT2D eigenvalue weighted by Gasteiger charge is -2.34. The largest absolute Gasteiger partial charge is 0.336 e. The Morgan fingerprint density at radius 1 is 0.962 bits per heavy atom. The topological polar surface area (TPSA) is 57.7 Å². The van der Waals surface area contributed by atoms with Crippen molar-refractivity contribution in [3.8, 4) is 0 Å². The quantitative estimate of drug-likeness (QED) is 0.796. The van der Waals surface area contributed by atoms with E-state index in [1.807, 2.05) is 0 Å². The number of piperazine rings is 1. The molecule has 1 saturated heterocycles. The number of sulfonamides is 1. The van der Waals surface area contributed by atoms with Gasteiger partial charge in [0.1, 0.15) is 17.2 Å². The Bertz CT molecular complexity index is 925. The number of rotatable bonds is 3. The van der Waals surface area contributed by atoms with Crippen molar-refractivity contribution >= 4 is 27.5 Å². The number of carbonyl (C=O) groups excluding carboxylic acids is 1. The van der Waals surface area contributed by atoms with Crippen molar-refractivity contribution in [2.45, 2.75) is 4.90 Å². The average molecular weight is 401 g/mol. The van der Waals surface area contributed by atoms with Gasteiger partial charge in [-0.3, -0.25) is 4.79 Å². The van der Waals surface area contributed by atoms with E-state index in [2.05, 4.69) is 0 Å². The predicted molar refractivity (Wildman–Crippen MR) is 92.5 cm³/mol. The highest BCUT2D eigenvalue weighted by atomic mass is 35.5. The summed E-state index contributed by atoms with van der Waals surface area (Å²) in [5.41, 5.74) is -0.626. The van der Waals surface area contributed by atoms with Crippen molar-refractivity contribution in [2.75, 3.05) is 26.2 Å². The van der Waals surface area contributed by atoms with Crippen LogP contribution in [0.2, 0.25) is 5.02 Å². The normalized spacial score (nSPS) is 15.9. The molecule has 0 N–H and O–H groups in total. The number of benzene rings is 2. The van der Waals surface area contributed by atoms with Gasteiger partial charge in [0.2, 0.25) is 10.0 Å². The molecule has 0 aromatic heterocycles. The number of carbonyl (C=O) groups is 1. The number of halogens is 3. The third kappa shape index (κ3) is 3.58. The van der Waals surface area contributed by atoms with Crippen LogP contribution in [0.4, 0.5) is 8.78 Å². The van der Waals surface area contributed by atoms with Crippen LogP contribution in [0.5, 0.6) is 0 Å². The molecule has 26 heavy (non-hydrogen) atoms. The van der Waals surface area contributed by atoms with Crippen LogP contribution in [-0.4, -0.2) is 49.7 Å². The molecule has 1 aliphatic heterocycles. The molecule has 1 aliphatic rings. The molecule has 0 radical (unpaired) electrons. The summed E-state index contributed by atoms with van der Waals surface area (Å²) in [7, 11) is -3.75. The molecule has 1 amide bonds. The molecule has 0 aliphatic carbocycles. The van der Waals surface area contributed by atoms with Crippen molar-refractivity contribution in [3.63, 3.8) is 0 Å². The van der Waals surface area contributed by atoms with Crippen LogP contribution in [-0.2, 0) is 10.0 Å². The van der Waals surface area contributed by atoms with Crippen LogP contribution in [0.25, 0.3) is 0 Å². The molecule has 0 spiro atoms. The fourth-order valence-electron chi connectivity index (χ4n) is 2.77. The van der Waals surface area contributed by atoms with Gasteiger partial charge in [0.25, 0.3) is 5.91 Å². The molecule has 0 unspecified atom stereocenters. The van der Waals surface area contributed by atoms with E-state index in [4.69, 9.17) is 11.6 Å². The summed E-state index contributed by atoms with van der Waals surface area (Å²) in [6, 6.07) is 9.09. The number of hydrogen-bond acceptors (Lipinski definition) is 3. The molecular weight excluding hydrogens is 386 g/mol. The Hall–Kier alpha value is -2.03. The zero-order valence-electron chi connectivity index (χ0n) is 13.5. The van der Waals surface area contributed by atoms with Crippen molar-refractivity contribution in [1.29, 1.82) is 0 Å². The summed E-state index contributed by atoms with van der Waals surface area (Å²) in [5, 5.41) is 0.301. The van der Waals surface area contributed by atoms with Gasteiger partial charge in [0.15, 0.2) is 0 Å². The Kier molecular flexibility index (Phi) is 5.27. The van der Waals surface area contributed by atoms with Gasteiger partial charge in [-0.15, -0.1) is 0 Å². The molecule has 2 aromatic carbocycles. The van der Waals surface area contributed by atoms with Gasteiger partial charge in [0, 0.05) is 31.2 Å². The van der Waals surface area contributed by atoms with E-state index in [0.717, 1.165) is 12.1 Å². The third-order valence-corrected chi connectivity index (χ3v) is 6.27. The van der Waals surface area contributed by atoms with Crippen LogP contribution in [0.15, 0.2) is 47.4 Å². The van der Waals surface area contributed by atoms with Gasteiger partial charge in [-0.2, -0.15) is 4.31 Å². The van der Waals surface area contributed by atoms with Crippen LogP contribution < -0.4 is 0 Å². The molecule has 9 heteroatoms. The highest BCUT2D eigenvalue weighted by Crippen LogP contribution is 2.22. The zero-order chi connectivity index (χ0) is 18.9. The fourth-order valence-corrected chi connectivity index (χ4v) is 4.49. The highest BCUT2D eigenvalue weighted by molar-refractivity contribution is 7.89. The minimum Gasteiger partial charge on any atom is -0.336 e. The second kappa shape index (κ2) is 7.30. The minimum atomic E-state index is -3.75. The second-order valence-corrected chi connectivity index (χ2v) is 8.12. The van der Waals surface area contributed by atoms with Gasteiger partial charge < -0.3 is 4.90 Å². The Balaban J connectivity index is 1.74. The summed E-state index contributed by atoms with van der Waals surface area (Å²) in [5.74, 6) is -2.67. The number of nitrogens with zero attached hydrogens (tertiary/aromatic N) is 2. The van der Waals surface area contributed by atoms with E-state index in [0.29, 0.717) is 5.02 Å². The van der Waals surface area contributed by atoms with Crippen LogP contribution >= 0.6 is 11.6 Å². The predicted octanol–water partition coefficient (Wildman–Crippen LogP) is 2.76. The first-order valence-electron chi connectivity index (χ1n) is 7.80. The molecule has 0 saturated carbocycles. The maximum Gasteiger partial charge on any atom is 0.259 e. The maximum absolute atomic E-state index is 13.8. The smallest absolute Gasteiger partial charge is 0.259 e. The van der Waals surface area contributed by atoms with Gasteiger partial charge >= 0.3 is 0 Å². The second-order valence-electron chi connectivity index (χ2n) is 5.75. The van der Waals surface area contributed by atoms with E-state index in [1.165, 1.54) is 33.5 Å². The lowest BCUT2D eigenvalue weighted by Crippen LogP contribution is -2.50. The first-order valence-corrected chi connectivity index (χ1v) is 9.61.